The van der Waals surface area contributed by atoms with Crippen molar-refractivity contribution in [3.05, 3.63) is 60.2 Å². The van der Waals surface area contributed by atoms with E-state index in [0.29, 0.717) is 12.3 Å². The molecular weight excluding hydrogens is 286 g/mol. The van der Waals surface area contributed by atoms with Gasteiger partial charge in [0.25, 0.3) is 0 Å². The fourth-order valence-electron chi connectivity index (χ4n) is 2.65. The summed E-state index contributed by atoms with van der Waals surface area (Å²) in [4.78, 5) is 12.5. The summed E-state index contributed by atoms with van der Waals surface area (Å²) in [6.07, 6.45) is 1.44. The molecule has 0 aromatic heterocycles. The maximum atomic E-state index is 12.5. The lowest BCUT2D eigenvalue weighted by molar-refractivity contribution is 0.0974. The molecule has 1 N–H and O–H groups in total. The molecule has 3 nitrogen and oxygen atoms in total. The van der Waals surface area contributed by atoms with E-state index in [2.05, 4.69) is 19.2 Å². The zero-order chi connectivity index (χ0) is 16.7. The molecule has 0 aliphatic carbocycles. The highest BCUT2D eigenvalue weighted by atomic mass is 16.5. The monoisotopic (exact) mass is 311 g/mol. The predicted molar refractivity (Wildman–Crippen MR) is 95.2 cm³/mol. The fourth-order valence-corrected chi connectivity index (χ4v) is 2.65. The molecule has 0 heterocycles. The first-order valence-corrected chi connectivity index (χ1v) is 8.07. The fraction of sp³-hybridized carbons (Fsp3) is 0.350. The van der Waals surface area contributed by atoms with E-state index >= 15 is 0 Å². The molecule has 23 heavy (non-hydrogen) atoms. The van der Waals surface area contributed by atoms with Gasteiger partial charge in [-0.15, -0.1) is 0 Å². The number of nitrogens with one attached hydrogen (secondary N) is 1. The predicted octanol–water partition coefficient (Wildman–Crippen LogP) is 4.79. The average Bonchev–Trinajstić information content (AvgIpc) is 2.55. The Morgan fingerprint density at radius 1 is 1.04 bits per heavy atom. The molecule has 2 rings (SSSR count). The number of methoxy groups -OCH3 is 1. The quantitative estimate of drug-likeness (QED) is 0.712. The van der Waals surface area contributed by atoms with Gasteiger partial charge in [0.2, 0.25) is 0 Å². The lowest BCUT2D eigenvalue weighted by Gasteiger charge is -2.21. The number of hydrogen-bond donors (Lipinski definition) is 1. The molecule has 0 fully saturated rings. The summed E-state index contributed by atoms with van der Waals surface area (Å²) < 4.78 is 5.18. The van der Waals surface area contributed by atoms with Crippen molar-refractivity contribution >= 4 is 11.5 Å². The van der Waals surface area contributed by atoms with Crippen LogP contribution in [0.2, 0.25) is 0 Å². The van der Waals surface area contributed by atoms with Crippen molar-refractivity contribution in [2.45, 2.75) is 32.7 Å². The van der Waals surface area contributed by atoms with Gasteiger partial charge in [-0.2, -0.15) is 0 Å². The van der Waals surface area contributed by atoms with Gasteiger partial charge in [-0.3, -0.25) is 4.79 Å². The van der Waals surface area contributed by atoms with Crippen LogP contribution in [0.25, 0.3) is 0 Å². The van der Waals surface area contributed by atoms with Crippen LogP contribution in [-0.4, -0.2) is 18.9 Å². The molecule has 0 saturated carbocycles. The van der Waals surface area contributed by atoms with Crippen molar-refractivity contribution < 1.29 is 9.53 Å². The van der Waals surface area contributed by atoms with Gasteiger partial charge in [0.05, 0.1) is 7.11 Å². The third kappa shape index (κ3) is 5.44. The van der Waals surface area contributed by atoms with Gasteiger partial charge >= 0.3 is 0 Å². The van der Waals surface area contributed by atoms with Crippen LogP contribution in [0, 0.1) is 5.92 Å². The third-order valence-electron chi connectivity index (χ3n) is 3.74. The summed E-state index contributed by atoms with van der Waals surface area (Å²) in [7, 11) is 1.66. The number of carbonyl (C=O) groups excluding carboxylic acids is 1. The maximum Gasteiger partial charge on any atom is 0.164 e. The molecule has 2 aromatic carbocycles. The molecule has 0 saturated heterocycles. The Morgan fingerprint density at radius 3 is 2.26 bits per heavy atom. The van der Waals surface area contributed by atoms with Crippen molar-refractivity contribution in [1.82, 2.24) is 0 Å². The van der Waals surface area contributed by atoms with E-state index in [-0.39, 0.29) is 11.8 Å². The van der Waals surface area contributed by atoms with Crippen LogP contribution in [0.3, 0.4) is 0 Å². The van der Waals surface area contributed by atoms with Gasteiger partial charge < -0.3 is 10.1 Å². The minimum atomic E-state index is 0.121. The molecule has 122 valence electrons. The molecule has 0 bridgehead atoms. The van der Waals surface area contributed by atoms with E-state index in [9.17, 15) is 4.79 Å². The van der Waals surface area contributed by atoms with Crippen LogP contribution in [0.1, 0.15) is 37.0 Å². The molecule has 2 aromatic rings. The van der Waals surface area contributed by atoms with Gasteiger partial charge in [0.1, 0.15) is 5.75 Å². The first kappa shape index (κ1) is 17.1. The maximum absolute atomic E-state index is 12.5. The van der Waals surface area contributed by atoms with Gasteiger partial charge in [-0.05, 0) is 36.6 Å². The Balaban J connectivity index is 2.05. The number of Topliss-reactive ketones (excluding diaryl/α,β-unsaturated/α-hetero) is 1. The number of carbonyl (C=O) groups is 1. The topological polar surface area (TPSA) is 38.3 Å². The number of rotatable bonds is 8. The molecule has 0 spiro atoms. The highest BCUT2D eigenvalue weighted by molar-refractivity contribution is 5.96. The minimum absolute atomic E-state index is 0.121. The van der Waals surface area contributed by atoms with Gasteiger partial charge in [0.15, 0.2) is 5.78 Å². The van der Waals surface area contributed by atoms with Crippen LogP contribution in [0.4, 0.5) is 5.69 Å². The van der Waals surface area contributed by atoms with Crippen LogP contribution in [-0.2, 0) is 0 Å². The van der Waals surface area contributed by atoms with E-state index in [1.807, 2.05) is 54.6 Å². The highest BCUT2D eigenvalue weighted by Gasteiger charge is 2.16. The third-order valence-corrected chi connectivity index (χ3v) is 3.74. The molecule has 1 atom stereocenters. The van der Waals surface area contributed by atoms with Crippen LogP contribution >= 0.6 is 0 Å². The van der Waals surface area contributed by atoms with Crippen molar-refractivity contribution in [3.8, 4) is 5.75 Å². The van der Waals surface area contributed by atoms with Crippen LogP contribution in [0.5, 0.6) is 5.75 Å². The number of ether oxygens (including phenoxy) is 1. The zero-order valence-electron chi connectivity index (χ0n) is 14.1. The molecule has 0 radical (unpaired) electrons. The summed E-state index contributed by atoms with van der Waals surface area (Å²) in [6.45, 7) is 4.35. The number of anilines is 1. The first-order valence-electron chi connectivity index (χ1n) is 8.07. The number of ketones is 1. The molecule has 0 aliphatic heterocycles. The zero-order valence-corrected chi connectivity index (χ0v) is 14.1. The Kier molecular flexibility index (Phi) is 6.21. The molecular formula is C20H25NO2. The minimum Gasteiger partial charge on any atom is -0.497 e. The van der Waals surface area contributed by atoms with Crippen LogP contribution in [0.15, 0.2) is 54.6 Å². The van der Waals surface area contributed by atoms with Gasteiger partial charge in [-0.1, -0.05) is 44.2 Å². The molecule has 0 aliphatic rings. The van der Waals surface area contributed by atoms with Crippen LogP contribution < -0.4 is 10.1 Å². The highest BCUT2D eigenvalue weighted by Crippen LogP contribution is 2.20. The van der Waals surface area contributed by atoms with Crippen molar-refractivity contribution in [2.75, 3.05) is 12.4 Å². The van der Waals surface area contributed by atoms with Gasteiger partial charge in [0, 0.05) is 23.7 Å². The SMILES string of the molecule is COc1ccc(NC(CC(=O)c2ccccc2)CC(C)C)cc1. The van der Waals surface area contributed by atoms with E-state index in [0.717, 1.165) is 23.4 Å². The Morgan fingerprint density at radius 2 is 1.70 bits per heavy atom. The molecule has 1 unspecified atom stereocenters. The second kappa shape index (κ2) is 8.37. The van der Waals surface area contributed by atoms with E-state index < -0.39 is 0 Å². The summed E-state index contributed by atoms with van der Waals surface area (Å²) in [5.41, 5.74) is 1.79. The Labute approximate surface area is 138 Å². The van der Waals surface area contributed by atoms with E-state index in [1.54, 1.807) is 7.11 Å². The number of benzene rings is 2. The molecule has 3 heteroatoms. The standard InChI is InChI=1S/C20H25NO2/c1-15(2)13-18(14-20(22)16-7-5-4-6-8-16)21-17-9-11-19(23-3)12-10-17/h4-12,15,18,21H,13-14H2,1-3H3. The van der Waals surface area contributed by atoms with Crippen molar-refractivity contribution in [2.24, 2.45) is 5.92 Å². The van der Waals surface area contributed by atoms with Gasteiger partial charge in [-0.25, -0.2) is 0 Å². The Hall–Kier alpha value is -2.29. The lowest BCUT2D eigenvalue weighted by atomic mass is 9.96. The number of hydrogen-bond acceptors (Lipinski definition) is 3. The largest absolute Gasteiger partial charge is 0.497 e. The second-order valence-corrected chi connectivity index (χ2v) is 6.19. The van der Waals surface area contributed by atoms with E-state index in [1.165, 1.54) is 0 Å². The summed E-state index contributed by atoms with van der Waals surface area (Å²) in [5.74, 6) is 1.53. The normalized spacial score (nSPS) is 12.0. The lowest BCUT2D eigenvalue weighted by Crippen LogP contribution is -2.25. The average molecular weight is 311 g/mol. The summed E-state index contributed by atoms with van der Waals surface area (Å²) in [5, 5.41) is 3.49. The van der Waals surface area contributed by atoms with Crippen molar-refractivity contribution in [1.29, 1.82) is 0 Å². The Bertz CT molecular complexity index is 605. The van der Waals surface area contributed by atoms with Crippen molar-refractivity contribution in [3.63, 3.8) is 0 Å². The molecule has 0 amide bonds. The first-order chi connectivity index (χ1) is 11.1. The smallest absolute Gasteiger partial charge is 0.164 e. The second-order valence-electron chi connectivity index (χ2n) is 6.19. The summed E-state index contributed by atoms with van der Waals surface area (Å²) >= 11 is 0. The van der Waals surface area contributed by atoms with E-state index in [4.69, 9.17) is 4.74 Å². The summed E-state index contributed by atoms with van der Waals surface area (Å²) in [6, 6.07) is 17.4.